The zero-order chi connectivity index (χ0) is 18.8. The Morgan fingerprint density at radius 3 is 3.00 bits per heavy atom. The van der Waals surface area contributed by atoms with Gasteiger partial charge in [0.1, 0.15) is 12.3 Å². The van der Waals surface area contributed by atoms with E-state index in [1.54, 1.807) is 19.6 Å². The lowest BCUT2D eigenvalue weighted by atomic mass is 10.1. The predicted octanol–water partition coefficient (Wildman–Crippen LogP) is 1.80. The number of imidazole rings is 1. The van der Waals surface area contributed by atoms with E-state index in [2.05, 4.69) is 10.3 Å². The van der Waals surface area contributed by atoms with Crippen LogP contribution < -0.4 is 10.1 Å². The summed E-state index contributed by atoms with van der Waals surface area (Å²) in [5.41, 5.74) is 0.982. The van der Waals surface area contributed by atoms with Crippen molar-refractivity contribution in [2.45, 2.75) is 38.1 Å². The van der Waals surface area contributed by atoms with Crippen LogP contribution in [0, 0.1) is 5.92 Å². The number of amides is 1. The second-order valence-electron chi connectivity index (χ2n) is 7.21. The molecule has 3 atom stereocenters. The van der Waals surface area contributed by atoms with Crippen molar-refractivity contribution in [2.24, 2.45) is 5.92 Å². The first kappa shape index (κ1) is 17.6. The number of nitrogens with one attached hydrogen (secondary N) is 1. The van der Waals surface area contributed by atoms with E-state index < -0.39 is 6.10 Å². The van der Waals surface area contributed by atoms with Crippen molar-refractivity contribution in [3.8, 4) is 5.75 Å². The summed E-state index contributed by atoms with van der Waals surface area (Å²) in [5.74, 6) is 1.04. The molecule has 1 aliphatic carbocycles. The fraction of sp³-hybridized carbons (Fsp3) is 0.400. The Kier molecular flexibility index (Phi) is 4.85. The van der Waals surface area contributed by atoms with E-state index in [0.717, 1.165) is 29.6 Å². The highest BCUT2D eigenvalue weighted by Crippen LogP contribution is 2.28. The zero-order valence-corrected chi connectivity index (χ0v) is 15.3. The molecule has 7 nitrogen and oxygen atoms in total. The van der Waals surface area contributed by atoms with Crippen LogP contribution in [0.5, 0.6) is 5.75 Å². The first-order valence-corrected chi connectivity index (χ1v) is 9.18. The highest BCUT2D eigenvalue weighted by molar-refractivity contribution is 5.84. The third-order valence-corrected chi connectivity index (χ3v) is 5.29. The van der Waals surface area contributed by atoms with E-state index in [4.69, 9.17) is 4.74 Å². The number of hydrogen-bond donors (Lipinski definition) is 2. The quantitative estimate of drug-likeness (QED) is 0.695. The molecule has 1 fully saturated rings. The number of hydrogen-bond acceptors (Lipinski definition) is 4. The van der Waals surface area contributed by atoms with Crippen molar-refractivity contribution in [3.05, 3.63) is 49.2 Å². The number of carbonyl (C=O) groups is 1. The summed E-state index contributed by atoms with van der Waals surface area (Å²) in [6.07, 6.45) is 8.31. The molecule has 2 aromatic heterocycles. The van der Waals surface area contributed by atoms with Crippen LogP contribution in [0.3, 0.4) is 0 Å². The van der Waals surface area contributed by atoms with Crippen molar-refractivity contribution in [2.75, 3.05) is 7.11 Å². The van der Waals surface area contributed by atoms with Crippen LogP contribution in [0.1, 0.15) is 12.8 Å². The number of methoxy groups -OCH3 is 1. The topological polar surface area (TPSA) is 81.3 Å². The molecule has 1 amide bonds. The number of rotatable bonds is 6. The maximum absolute atomic E-state index is 12.5. The van der Waals surface area contributed by atoms with Crippen molar-refractivity contribution >= 4 is 16.8 Å². The molecule has 2 heterocycles. The molecular weight excluding hydrogens is 344 g/mol. The number of fused-ring (bicyclic) bond motifs is 1. The maximum Gasteiger partial charge on any atom is 0.240 e. The van der Waals surface area contributed by atoms with Crippen molar-refractivity contribution in [1.82, 2.24) is 19.4 Å². The average molecular weight is 368 g/mol. The number of ether oxygens (including phenoxy) is 1. The molecule has 2 N–H and O–H groups in total. The average Bonchev–Trinajstić information content (AvgIpc) is 3.37. The summed E-state index contributed by atoms with van der Waals surface area (Å²) >= 11 is 0. The number of aliphatic hydroxyl groups excluding tert-OH is 1. The van der Waals surface area contributed by atoms with Gasteiger partial charge in [0.2, 0.25) is 5.91 Å². The lowest BCUT2D eigenvalue weighted by molar-refractivity contribution is -0.122. The Hall–Kier alpha value is -2.80. The van der Waals surface area contributed by atoms with Gasteiger partial charge in [-0.25, -0.2) is 4.98 Å². The van der Waals surface area contributed by atoms with Gasteiger partial charge in [0, 0.05) is 36.0 Å². The van der Waals surface area contributed by atoms with Crippen LogP contribution in [-0.4, -0.2) is 44.4 Å². The summed E-state index contributed by atoms with van der Waals surface area (Å²) < 4.78 is 9.17. The number of carbonyl (C=O) groups excluding carboxylic acids is 1. The predicted molar refractivity (Wildman–Crippen MR) is 101 cm³/mol. The van der Waals surface area contributed by atoms with Crippen LogP contribution in [0.2, 0.25) is 0 Å². The molecule has 0 radical (unpaired) electrons. The van der Waals surface area contributed by atoms with Gasteiger partial charge in [-0.05, 0) is 43.0 Å². The number of aromatic nitrogens is 3. The van der Waals surface area contributed by atoms with Crippen LogP contribution in [0.25, 0.3) is 10.9 Å². The first-order chi connectivity index (χ1) is 13.1. The highest BCUT2D eigenvalue weighted by atomic mass is 16.5. The van der Waals surface area contributed by atoms with E-state index in [1.165, 1.54) is 0 Å². The van der Waals surface area contributed by atoms with Gasteiger partial charge in [-0.3, -0.25) is 4.79 Å². The van der Waals surface area contributed by atoms with E-state index in [-0.39, 0.29) is 18.5 Å². The van der Waals surface area contributed by atoms with E-state index in [0.29, 0.717) is 12.3 Å². The smallest absolute Gasteiger partial charge is 0.240 e. The van der Waals surface area contributed by atoms with Crippen molar-refractivity contribution in [1.29, 1.82) is 0 Å². The second kappa shape index (κ2) is 7.44. The summed E-state index contributed by atoms with van der Waals surface area (Å²) in [7, 11) is 1.64. The lowest BCUT2D eigenvalue weighted by Crippen LogP contribution is -2.41. The summed E-state index contributed by atoms with van der Waals surface area (Å²) in [5, 5.41) is 14.4. The standard InChI is InChI=1S/C20H24N4O3/c1-27-16-2-3-18-15(10-16)4-6-24(18)12-20(26)22-17-8-14(9-19(17)25)11-23-7-5-21-13-23/h2-7,10,13-14,17,19,25H,8-9,11-12H2,1H3,(H,22,26)/t14?,17-,19-/m1/s1. The molecule has 1 aliphatic rings. The fourth-order valence-electron chi connectivity index (χ4n) is 3.97. The van der Waals surface area contributed by atoms with Gasteiger partial charge < -0.3 is 24.3 Å². The van der Waals surface area contributed by atoms with E-state index in [1.807, 2.05) is 45.8 Å². The van der Waals surface area contributed by atoms with Gasteiger partial charge in [-0.2, -0.15) is 0 Å². The molecule has 27 heavy (non-hydrogen) atoms. The van der Waals surface area contributed by atoms with E-state index >= 15 is 0 Å². The number of aliphatic hydroxyl groups is 1. The van der Waals surface area contributed by atoms with Crippen molar-refractivity contribution < 1.29 is 14.6 Å². The van der Waals surface area contributed by atoms with Crippen LogP contribution in [0.4, 0.5) is 0 Å². The molecule has 0 saturated heterocycles. The molecule has 1 saturated carbocycles. The first-order valence-electron chi connectivity index (χ1n) is 9.18. The Bertz CT molecular complexity index is 919. The maximum atomic E-state index is 12.5. The fourth-order valence-corrected chi connectivity index (χ4v) is 3.97. The summed E-state index contributed by atoms with van der Waals surface area (Å²) in [6.45, 7) is 1.04. The third-order valence-electron chi connectivity index (χ3n) is 5.29. The van der Waals surface area contributed by atoms with Gasteiger partial charge in [0.15, 0.2) is 0 Å². The monoisotopic (exact) mass is 368 g/mol. The Morgan fingerprint density at radius 1 is 1.33 bits per heavy atom. The minimum atomic E-state index is -0.506. The van der Waals surface area contributed by atoms with Gasteiger partial charge in [0.05, 0.1) is 25.6 Å². The lowest BCUT2D eigenvalue weighted by Gasteiger charge is -2.17. The second-order valence-corrected chi connectivity index (χ2v) is 7.21. The van der Waals surface area contributed by atoms with Crippen molar-refractivity contribution in [3.63, 3.8) is 0 Å². The molecule has 142 valence electrons. The molecule has 0 bridgehead atoms. The Labute approximate surface area is 157 Å². The van der Waals surface area contributed by atoms with Crippen LogP contribution in [0.15, 0.2) is 49.2 Å². The number of nitrogens with zero attached hydrogens (tertiary/aromatic N) is 3. The van der Waals surface area contributed by atoms with E-state index in [9.17, 15) is 9.90 Å². The minimum absolute atomic E-state index is 0.0874. The van der Waals surface area contributed by atoms with Gasteiger partial charge in [0.25, 0.3) is 0 Å². The third kappa shape index (κ3) is 3.83. The number of benzene rings is 1. The molecule has 0 spiro atoms. The minimum Gasteiger partial charge on any atom is -0.497 e. The summed E-state index contributed by atoms with van der Waals surface area (Å²) in [6, 6.07) is 7.56. The molecule has 7 heteroatoms. The highest BCUT2D eigenvalue weighted by Gasteiger charge is 2.34. The normalized spacial score (nSPS) is 22.2. The SMILES string of the molecule is COc1ccc2c(ccn2CC(=O)N[C@@H]2CC(Cn3ccnc3)C[C@H]2O)c1. The van der Waals surface area contributed by atoms with Gasteiger partial charge in [-0.15, -0.1) is 0 Å². The summed E-state index contributed by atoms with van der Waals surface area (Å²) in [4.78, 5) is 16.6. The molecule has 1 unspecified atom stereocenters. The molecule has 0 aliphatic heterocycles. The largest absolute Gasteiger partial charge is 0.497 e. The zero-order valence-electron chi connectivity index (χ0n) is 15.3. The van der Waals surface area contributed by atoms with Crippen LogP contribution in [-0.2, 0) is 17.9 Å². The van der Waals surface area contributed by atoms with Gasteiger partial charge in [-0.1, -0.05) is 0 Å². The van der Waals surface area contributed by atoms with Crippen LogP contribution >= 0.6 is 0 Å². The molecule has 4 rings (SSSR count). The Balaban J connectivity index is 1.36. The molecule has 1 aromatic carbocycles. The Morgan fingerprint density at radius 2 is 2.22 bits per heavy atom. The molecule has 3 aromatic rings. The van der Waals surface area contributed by atoms with Gasteiger partial charge >= 0.3 is 0 Å². The molecular formula is C20H24N4O3.